The van der Waals surface area contributed by atoms with E-state index >= 15 is 0 Å². The molecule has 3 atom stereocenters. The Hall–Kier alpha value is -2.76. The molecule has 0 bridgehead atoms. The van der Waals surface area contributed by atoms with Gasteiger partial charge in [0.25, 0.3) is 0 Å². The molecule has 1 aromatic carbocycles. The number of fused-ring (bicyclic) bond motifs is 1. The van der Waals surface area contributed by atoms with Crippen LogP contribution in [0, 0.1) is 5.92 Å². The highest BCUT2D eigenvalue weighted by atomic mass is 35.5. The fourth-order valence-electron chi connectivity index (χ4n) is 5.38. The van der Waals surface area contributed by atoms with Crippen molar-refractivity contribution in [1.82, 2.24) is 10.2 Å². The van der Waals surface area contributed by atoms with Gasteiger partial charge in [0.1, 0.15) is 17.8 Å². The van der Waals surface area contributed by atoms with E-state index in [1.165, 1.54) is 16.7 Å². The lowest BCUT2D eigenvalue weighted by molar-refractivity contribution is 0.0561. The predicted octanol–water partition coefficient (Wildman–Crippen LogP) is 5.62. The van der Waals surface area contributed by atoms with Gasteiger partial charge in [0.2, 0.25) is 0 Å². The van der Waals surface area contributed by atoms with Crippen LogP contribution in [0.4, 0.5) is 0 Å². The lowest BCUT2D eigenvalue weighted by Gasteiger charge is -2.36. The largest absolute Gasteiger partial charge is 0.383 e. The number of amidine groups is 1. The molecular formula is C29H35ClN4O. The number of ether oxygens (including phenoxy) is 1. The summed E-state index contributed by atoms with van der Waals surface area (Å²) in [6.45, 7) is 8.07. The van der Waals surface area contributed by atoms with Gasteiger partial charge in [0, 0.05) is 17.6 Å². The third-order valence-electron chi connectivity index (χ3n) is 7.19. The maximum absolute atomic E-state index is 6.55. The molecule has 0 spiro atoms. The topological polar surface area (TPSA) is 62.9 Å². The zero-order valence-electron chi connectivity index (χ0n) is 20.8. The molecular weight excluding hydrogens is 456 g/mol. The number of rotatable bonds is 5. The summed E-state index contributed by atoms with van der Waals surface area (Å²) in [5.74, 6) is 2.21. The molecule has 1 aromatic rings. The van der Waals surface area contributed by atoms with Crippen molar-refractivity contribution in [3.63, 3.8) is 0 Å². The van der Waals surface area contributed by atoms with Crippen molar-refractivity contribution in [2.45, 2.75) is 65.0 Å². The van der Waals surface area contributed by atoms with Crippen LogP contribution in [0.15, 0.2) is 87.8 Å². The van der Waals surface area contributed by atoms with Gasteiger partial charge in [0.05, 0.1) is 18.3 Å². The average Bonchev–Trinajstić information content (AvgIpc) is 3.03. The zero-order chi connectivity index (χ0) is 24.5. The van der Waals surface area contributed by atoms with E-state index in [0.29, 0.717) is 24.4 Å². The summed E-state index contributed by atoms with van der Waals surface area (Å²) in [5, 5.41) is 4.34. The standard InChI is InChI=1S/C29H35ClN4O/c1-18(2)34-14-4-5-26(27-28(31)32-19(3)33-29(27)34)23-9-8-22-16-25(13-10-21(22)15-23)35-17-20-6-11-24(30)12-7-20/h5-7,9-13,15,18-19,22,25,33H,4,8,14,16-17H2,1-3H3,(H2,31,32). The fourth-order valence-corrected chi connectivity index (χ4v) is 5.51. The Bertz CT molecular complexity index is 1160. The number of nitrogens with zero attached hydrogens (tertiary/aromatic N) is 2. The van der Waals surface area contributed by atoms with Crippen LogP contribution in [0.1, 0.15) is 45.6 Å². The van der Waals surface area contributed by atoms with Gasteiger partial charge in [-0.1, -0.05) is 54.1 Å². The highest BCUT2D eigenvalue weighted by molar-refractivity contribution is 6.30. The summed E-state index contributed by atoms with van der Waals surface area (Å²) in [7, 11) is 0. The molecule has 0 fully saturated rings. The molecule has 0 saturated heterocycles. The molecule has 3 unspecified atom stereocenters. The Labute approximate surface area is 213 Å². The predicted molar refractivity (Wildman–Crippen MR) is 144 cm³/mol. The van der Waals surface area contributed by atoms with Gasteiger partial charge in [-0.15, -0.1) is 0 Å². The van der Waals surface area contributed by atoms with Crippen LogP contribution in [0.5, 0.6) is 0 Å². The summed E-state index contributed by atoms with van der Waals surface area (Å²) >= 11 is 6.00. The van der Waals surface area contributed by atoms with Gasteiger partial charge in [-0.25, -0.2) is 4.99 Å². The molecule has 0 saturated carbocycles. The maximum atomic E-state index is 6.55. The number of nitrogens with two attached hydrogens (primary N) is 1. The number of halogens is 1. The number of benzene rings is 1. The van der Waals surface area contributed by atoms with Crippen LogP contribution in [0.2, 0.25) is 5.02 Å². The lowest BCUT2D eigenvalue weighted by Crippen LogP contribution is -2.45. The molecule has 2 heterocycles. The van der Waals surface area contributed by atoms with Crippen LogP contribution in [-0.4, -0.2) is 35.6 Å². The molecule has 5 nitrogen and oxygen atoms in total. The monoisotopic (exact) mass is 490 g/mol. The smallest absolute Gasteiger partial charge is 0.132 e. The minimum Gasteiger partial charge on any atom is -0.383 e. The first kappa shape index (κ1) is 24.0. The number of aliphatic imine (C=N–C) groups is 1. The number of allylic oxidation sites excluding steroid dienone is 5. The summed E-state index contributed by atoms with van der Waals surface area (Å²) in [5.41, 5.74) is 12.5. The van der Waals surface area contributed by atoms with Gasteiger partial charge >= 0.3 is 0 Å². The molecule has 3 N–H and O–H groups in total. The first-order valence-corrected chi connectivity index (χ1v) is 13.0. The Morgan fingerprint density at radius 3 is 2.80 bits per heavy atom. The maximum Gasteiger partial charge on any atom is 0.132 e. The van der Waals surface area contributed by atoms with E-state index in [1.54, 1.807) is 0 Å². The van der Waals surface area contributed by atoms with Crippen molar-refractivity contribution in [2.24, 2.45) is 16.6 Å². The average molecular weight is 491 g/mol. The molecule has 2 aliphatic carbocycles. The highest BCUT2D eigenvalue weighted by Crippen LogP contribution is 2.39. The zero-order valence-corrected chi connectivity index (χ0v) is 21.6. The van der Waals surface area contributed by atoms with Gasteiger partial charge < -0.3 is 20.7 Å². The Balaban J connectivity index is 1.35. The first-order chi connectivity index (χ1) is 16.9. The minimum atomic E-state index is -0.0245. The molecule has 35 heavy (non-hydrogen) atoms. The van der Waals surface area contributed by atoms with Crippen molar-refractivity contribution in [3.8, 4) is 0 Å². The van der Waals surface area contributed by atoms with Crippen LogP contribution < -0.4 is 11.1 Å². The van der Waals surface area contributed by atoms with E-state index in [0.717, 1.165) is 47.8 Å². The third-order valence-corrected chi connectivity index (χ3v) is 7.45. The van der Waals surface area contributed by atoms with E-state index < -0.39 is 0 Å². The third kappa shape index (κ3) is 5.12. The van der Waals surface area contributed by atoms with Crippen molar-refractivity contribution >= 4 is 17.4 Å². The molecule has 184 valence electrons. The molecule has 5 rings (SSSR count). The second-order valence-corrected chi connectivity index (χ2v) is 10.5. The van der Waals surface area contributed by atoms with Crippen molar-refractivity contribution in [1.29, 1.82) is 0 Å². The minimum absolute atomic E-state index is 0.0245. The Morgan fingerprint density at radius 2 is 2.03 bits per heavy atom. The number of hydrogen-bond acceptors (Lipinski definition) is 5. The summed E-state index contributed by atoms with van der Waals surface area (Å²) < 4.78 is 6.20. The fraction of sp³-hybridized carbons (Fsp3) is 0.414. The highest BCUT2D eigenvalue weighted by Gasteiger charge is 2.32. The number of nitrogens with one attached hydrogen (secondary N) is 1. The molecule has 4 aliphatic rings. The van der Waals surface area contributed by atoms with E-state index in [1.807, 2.05) is 31.2 Å². The summed E-state index contributed by atoms with van der Waals surface area (Å²) in [6.07, 6.45) is 14.6. The van der Waals surface area contributed by atoms with Crippen molar-refractivity contribution in [2.75, 3.05) is 6.54 Å². The molecule has 6 heteroatoms. The molecule has 0 radical (unpaired) electrons. The van der Waals surface area contributed by atoms with E-state index in [9.17, 15) is 0 Å². The molecule has 2 aliphatic heterocycles. The molecule has 0 amide bonds. The number of hydrogen-bond donors (Lipinski definition) is 2. The SMILES string of the molecule is CC1N=C(N)C2=C(N1)N(C(C)C)CCC=C2C1=CCC2CC(OCc3ccc(Cl)cc3)C=CC2=C1. The van der Waals surface area contributed by atoms with Gasteiger partial charge in [-0.05, 0) is 80.4 Å². The lowest BCUT2D eigenvalue weighted by atomic mass is 9.78. The van der Waals surface area contributed by atoms with Crippen LogP contribution >= 0.6 is 11.6 Å². The van der Waals surface area contributed by atoms with Gasteiger partial charge in [-0.3, -0.25) is 0 Å². The van der Waals surface area contributed by atoms with E-state index in [2.05, 4.69) is 59.4 Å². The van der Waals surface area contributed by atoms with Crippen LogP contribution in [0.25, 0.3) is 0 Å². The molecule has 0 aromatic heterocycles. The Kier molecular flexibility index (Phi) is 6.90. The van der Waals surface area contributed by atoms with Gasteiger partial charge in [-0.2, -0.15) is 0 Å². The summed E-state index contributed by atoms with van der Waals surface area (Å²) in [6, 6.07) is 8.25. The quantitative estimate of drug-likeness (QED) is 0.562. The van der Waals surface area contributed by atoms with E-state index in [4.69, 9.17) is 22.1 Å². The van der Waals surface area contributed by atoms with Crippen molar-refractivity contribution in [3.05, 3.63) is 93.3 Å². The second kappa shape index (κ2) is 10.1. The Morgan fingerprint density at radius 1 is 1.23 bits per heavy atom. The normalized spacial score (nSPS) is 26.2. The summed E-state index contributed by atoms with van der Waals surface area (Å²) in [4.78, 5) is 7.08. The van der Waals surface area contributed by atoms with Crippen LogP contribution in [-0.2, 0) is 11.3 Å². The first-order valence-electron chi connectivity index (χ1n) is 12.7. The van der Waals surface area contributed by atoms with Crippen molar-refractivity contribution < 1.29 is 4.74 Å². The second-order valence-electron chi connectivity index (χ2n) is 10.1. The van der Waals surface area contributed by atoms with Crippen LogP contribution in [0.3, 0.4) is 0 Å². The van der Waals surface area contributed by atoms with Gasteiger partial charge in [0.15, 0.2) is 0 Å². The van der Waals surface area contributed by atoms with E-state index in [-0.39, 0.29) is 12.3 Å².